The smallest absolute Gasteiger partial charge is 0.243 e. The van der Waals surface area contributed by atoms with Crippen molar-refractivity contribution in [3.63, 3.8) is 0 Å². The van der Waals surface area contributed by atoms with E-state index in [1.807, 2.05) is 37.3 Å². The van der Waals surface area contributed by atoms with Gasteiger partial charge in [-0.2, -0.15) is 5.10 Å². The number of para-hydroxylation sites is 1. The number of ether oxygens (including phenoxy) is 1. The SMILES string of the molecule is CCc1nnc(NCC(C)Oc2ccccc2)nc1CC. The molecule has 0 fully saturated rings. The first-order chi connectivity index (χ1) is 10.2. The fourth-order valence-corrected chi connectivity index (χ4v) is 2.02. The molecule has 2 aromatic rings. The van der Waals surface area contributed by atoms with Crippen molar-refractivity contribution in [1.29, 1.82) is 0 Å². The third-order valence-electron chi connectivity index (χ3n) is 3.14. The predicted octanol–water partition coefficient (Wildman–Crippen LogP) is 2.88. The lowest BCUT2D eigenvalue weighted by Gasteiger charge is -2.15. The first-order valence-electron chi connectivity index (χ1n) is 7.41. The summed E-state index contributed by atoms with van der Waals surface area (Å²) in [5.74, 6) is 1.42. The second-order valence-electron chi connectivity index (χ2n) is 4.86. The molecule has 0 saturated heterocycles. The molecule has 1 aromatic carbocycles. The Labute approximate surface area is 125 Å². The molecule has 0 radical (unpaired) electrons. The van der Waals surface area contributed by atoms with Crippen molar-refractivity contribution in [2.75, 3.05) is 11.9 Å². The second kappa shape index (κ2) is 7.57. The largest absolute Gasteiger partial charge is 0.489 e. The number of aromatic nitrogens is 3. The van der Waals surface area contributed by atoms with Gasteiger partial charge in [0.05, 0.1) is 17.9 Å². The van der Waals surface area contributed by atoms with Crippen molar-refractivity contribution in [1.82, 2.24) is 15.2 Å². The van der Waals surface area contributed by atoms with Gasteiger partial charge in [-0.1, -0.05) is 32.0 Å². The fraction of sp³-hybridized carbons (Fsp3) is 0.438. The van der Waals surface area contributed by atoms with Crippen LogP contribution in [-0.2, 0) is 12.8 Å². The normalized spacial score (nSPS) is 12.0. The third-order valence-corrected chi connectivity index (χ3v) is 3.14. The molecule has 1 unspecified atom stereocenters. The van der Waals surface area contributed by atoms with Gasteiger partial charge in [-0.15, -0.1) is 5.10 Å². The summed E-state index contributed by atoms with van der Waals surface area (Å²) >= 11 is 0. The summed E-state index contributed by atoms with van der Waals surface area (Å²) in [6.07, 6.45) is 1.74. The van der Waals surface area contributed by atoms with E-state index in [0.29, 0.717) is 12.5 Å². The molecule has 0 amide bonds. The highest BCUT2D eigenvalue weighted by Crippen LogP contribution is 2.11. The van der Waals surface area contributed by atoms with Crippen molar-refractivity contribution in [2.24, 2.45) is 0 Å². The van der Waals surface area contributed by atoms with E-state index in [9.17, 15) is 0 Å². The van der Waals surface area contributed by atoms with E-state index in [1.165, 1.54) is 0 Å². The van der Waals surface area contributed by atoms with E-state index in [4.69, 9.17) is 4.74 Å². The molecule has 21 heavy (non-hydrogen) atoms. The molecule has 0 saturated carbocycles. The molecule has 0 aliphatic rings. The molecule has 5 nitrogen and oxygen atoms in total. The molecule has 0 aliphatic carbocycles. The van der Waals surface area contributed by atoms with E-state index in [1.54, 1.807) is 0 Å². The average molecular weight is 286 g/mol. The molecule has 1 heterocycles. The van der Waals surface area contributed by atoms with Gasteiger partial charge in [0.15, 0.2) is 0 Å². The third kappa shape index (κ3) is 4.41. The van der Waals surface area contributed by atoms with E-state index in [-0.39, 0.29) is 6.10 Å². The maximum atomic E-state index is 5.80. The maximum Gasteiger partial charge on any atom is 0.243 e. The van der Waals surface area contributed by atoms with Gasteiger partial charge >= 0.3 is 0 Å². The lowest BCUT2D eigenvalue weighted by atomic mass is 10.2. The summed E-state index contributed by atoms with van der Waals surface area (Å²) in [4.78, 5) is 4.50. The predicted molar refractivity (Wildman–Crippen MR) is 83.6 cm³/mol. The first-order valence-corrected chi connectivity index (χ1v) is 7.41. The zero-order valence-corrected chi connectivity index (χ0v) is 12.8. The van der Waals surface area contributed by atoms with Gasteiger partial charge in [-0.3, -0.25) is 0 Å². The van der Waals surface area contributed by atoms with E-state index < -0.39 is 0 Å². The van der Waals surface area contributed by atoms with E-state index in [2.05, 4.69) is 34.3 Å². The van der Waals surface area contributed by atoms with Crippen molar-refractivity contribution >= 4 is 5.95 Å². The Balaban J connectivity index is 1.90. The van der Waals surface area contributed by atoms with Crippen LogP contribution in [0.4, 0.5) is 5.95 Å². The zero-order chi connectivity index (χ0) is 15.1. The van der Waals surface area contributed by atoms with E-state index >= 15 is 0 Å². The Morgan fingerprint density at radius 2 is 1.76 bits per heavy atom. The Kier molecular flexibility index (Phi) is 5.49. The standard InChI is InChI=1S/C16H22N4O/c1-4-14-15(5-2)19-20-16(18-14)17-11-12(3)21-13-9-7-6-8-10-13/h6-10,12H,4-5,11H2,1-3H3,(H,17,18,20). The fourth-order valence-electron chi connectivity index (χ4n) is 2.02. The Morgan fingerprint density at radius 1 is 1.05 bits per heavy atom. The summed E-state index contributed by atoms with van der Waals surface area (Å²) < 4.78 is 5.80. The second-order valence-corrected chi connectivity index (χ2v) is 4.86. The van der Waals surface area contributed by atoms with Crippen LogP contribution in [0.2, 0.25) is 0 Å². The Hall–Kier alpha value is -2.17. The number of hydrogen-bond acceptors (Lipinski definition) is 5. The number of anilines is 1. The molecule has 1 N–H and O–H groups in total. The highest BCUT2D eigenvalue weighted by Gasteiger charge is 2.08. The van der Waals surface area contributed by atoms with Crippen molar-refractivity contribution in [3.8, 4) is 5.75 Å². The molecule has 0 aliphatic heterocycles. The zero-order valence-electron chi connectivity index (χ0n) is 12.8. The number of aryl methyl sites for hydroxylation is 2. The summed E-state index contributed by atoms with van der Waals surface area (Å²) in [6.45, 7) is 6.78. The van der Waals surface area contributed by atoms with Crippen LogP contribution in [0.3, 0.4) is 0 Å². The van der Waals surface area contributed by atoms with Crippen molar-refractivity contribution in [3.05, 3.63) is 41.7 Å². The molecular weight excluding hydrogens is 264 g/mol. The molecule has 1 aromatic heterocycles. The summed E-state index contributed by atoms with van der Waals surface area (Å²) in [7, 11) is 0. The van der Waals surface area contributed by atoms with E-state index in [0.717, 1.165) is 30.0 Å². The minimum Gasteiger partial charge on any atom is -0.489 e. The van der Waals surface area contributed by atoms with Crippen molar-refractivity contribution in [2.45, 2.75) is 39.7 Å². The summed E-state index contributed by atoms with van der Waals surface area (Å²) in [5, 5.41) is 11.5. The molecule has 5 heteroatoms. The molecule has 112 valence electrons. The topological polar surface area (TPSA) is 59.9 Å². The van der Waals surface area contributed by atoms with Crippen LogP contribution < -0.4 is 10.1 Å². The van der Waals surface area contributed by atoms with Gasteiger partial charge in [-0.05, 0) is 31.9 Å². The van der Waals surface area contributed by atoms with Crippen LogP contribution in [0, 0.1) is 0 Å². The van der Waals surface area contributed by atoms with Gasteiger partial charge in [0.2, 0.25) is 5.95 Å². The van der Waals surface area contributed by atoms with Crippen LogP contribution in [0.25, 0.3) is 0 Å². The van der Waals surface area contributed by atoms with Crippen LogP contribution in [0.15, 0.2) is 30.3 Å². The summed E-state index contributed by atoms with van der Waals surface area (Å²) in [6, 6.07) is 9.77. The summed E-state index contributed by atoms with van der Waals surface area (Å²) in [5.41, 5.74) is 1.98. The number of rotatable bonds is 7. The molecule has 0 spiro atoms. The number of benzene rings is 1. The van der Waals surface area contributed by atoms with Crippen LogP contribution in [0.5, 0.6) is 5.75 Å². The minimum absolute atomic E-state index is 0.0203. The van der Waals surface area contributed by atoms with Gasteiger partial charge < -0.3 is 10.1 Å². The minimum atomic E-state index is 0.0203. The number of nitrogens with zero attached hydrogens (tertiary/aromatic N) is 3. The highest BCUT2D eigenvalue weighted by atomic mass is 16.5. The lowest BCUT2D eigenvalue weighted by Crippen LogP contribution is -2.24. The van der Waals surface area contributed by atoms with Gasteiger partial charge in [0.1, 0.15) is 11.9 Å². The number of hydrogen-bond donors (Lipinski definition) is 1. The first kappa shape index (κ1) is 15.2. The lowest BCUT2D eigenvalue weighted by molar-refractivity contribution is 0.234. The Morgan fingerprint density at radius 3 is 2.43 bits per heavy atom. The quantitative estimate of drug-likeness (QED) is 0.848. The molecule has 0 bridgehead atoms. The van der Waals surface area contributed by atoms with Gasteiger partial charge in [-0.25, -0.2) is 4.98 Å². The van der Waals surface area contributed by atoms with Crippen LogP contribution in [0.1, 0.15) is 32.2 Å². The maximum absolute atomic E-state index is 5.80. The average Bonchev–Trinajstić information content (AvgIpc) is 2.53. The molecule has 2 rings (SSSR count). The van der Waals surface area contributed by atoms with Gasteiger partial charge in [0, 0.05) is 0 Å². The van der Waals surface area contributed by atoms with Crippen LogP contribution >= 0.6 is 0 Å². The Bertz CT molecular complexity index is 559. The van der Waals surface area contributed by atoms with Crippen molar-refractivity contribution < 1.29 is 4.74 Å². The highest BCUT2D eigenvalue weighted by molar-refractivity contribution is 5.26. The van der Waals surface area contributed by atoms with Gasteiger partial charge in [0.25, 0.3) is 0 Å². The molecule has 1 atom stereocenters. The monoisotopic (exact) mass is 286 g/mol. The molecular formula is C16H22N4O. The number of nitrogens with one attached hydrogen (secondary N) is 1. The van der Waals surface area contributed by atoms with Crippen LogP contribution in [-0.4, -0.2) is 27.8 Å².